The molecule has 0 rings (SSSR count). The predicted molar refractivity (Wildman–Crippen MR) is 86.3 cm³/mol. The normalized spacial score (nSPS) is 13.7. The summed E-state index contributed by atoms with van der Waals surface area (Å²) in [5, 5.41) is 27.1. The van der Waals surface area contributed by atoms with E-state index in [0.29, 0.717) is 13.1 Å². The highest BCUT2D eigenvalue weighted by Crippen LogP contribution is 1.99. The van der Waals surface area contributed by atoms with Gasteiger partial charge >= 0.3 is 0 Å². The Bertz CT molecular complexity index is 285. The van der Waals surface area contributed by atoms with Gasteiger partial charge in [-0.1, -0.05) is 26.7 Å². The second-order valence-electron chi connectivity index (χ2n) is 6.06. The highest BCUT2D eigenvalue weighted by molar-refractivity contribution is 4.58. The van der Waals surface area contributed by atoms with E-state index < -0.39 is 0 Å². The lowest BCUT2D eigenvalue weighted by molar-refractivity contribution is -0.487. The fraction of sp³-hybridized carbons (Fsp3) is 1.00. The molecule has 22 heavy (non-hydrogen) atoms. The lowest BCUT2D eigenvalue weighted by atomic mass is 10.1. The average Bonchev–Trinajstić information content (AvgIpc) is 2.39. The second-order valence-corrected chi connectivity index (χ2v) is 6.06. The van der Waals surface area contributed by atoms with Gasteiger partial charge in [0.15, 0.2) is 0 Å². The molecule has 0 aromatic heterocycles. The van der Waals surface area contributed by atoms with E-state index in [-0.39, 0.29) is 34.8 Å². The van der Waals surface area contributed by atoms with Crippen molar-refractivity contribution in [1.82, 2.24) is 10.6 Å². The summed E-state index contributed by atoms with van der Waals surface area (Å²) in [6.07, 6.45) is 4.40. The van der Waals surface area contributed by atoms with E-state index in [1.54, 1.807) is 0 Å². The Kier molecular flexibility index (Phi) is 12.6. The van der Waals surface area contributed by atoms with Gasteiger partial charge in [-0.3, -0.25) is 20.2 Å². The standard InChI is InChI=1S/C14H30N4O4/c1-13(11-17(19)20)9-15-7-5-3-4-6-8-16-10-14(2)12-18(21)22/h13-16H,3-12H2,1-2H3. The molecule has 2 unspecified atom stereocenters. The van der Waals surface area contributed by atoms with E-state index in [4.69, 9.17) is 0 Å². The Balaban J connectivity index is 3.24. The zero-order chi connectivity index (χ0) is 16.8. The number of hydrogen-bond donors (Lipinski definition) is 2. The molecule has 0 radical (unpaired) electrons. The number of rotatable bonds is 15. The minimum Gasteiger partial charge on any atom is -0.316 e. The Morgan fingerprint density at radius 3 is 1.45 bits per heavy atom. The van der Waals surface area contributed by atoms with Crippen LogP contribution in [-0.2, 0) is 0 Å². The zero-order valence-electron chi connectivity index (χ0n) is 13.8. The fourth-order valence-corrected chi connectivity index (χ4v) is 2.19. The molecule has 0 aromatic rings. The SMILES string of the molecule is CC(CNCCCCCCNCC(C)C[N+](=O)[O-])C[N+](=O)[O-]. The van der Waals surface area contributed by atoms with Gasteiger partial charge in [0.05, 0.1) is 0 Å². The zero-order valence-corrected chi connectivity index (χ0v) is 13.8. The van der Waals surface area contributed by atoms with E-state index in [9.17, 15) is 20.2 Å². The summed E-state index contributed by atoms with van der Waals surface area (Å²) in [5.74, 6) is 0.140. The monoisotopic (exact) mass is 318 g/mol. The molecule has 0 saturated carbocycles. The van der Waals surface area contributed by atoms with Gasteiger partial charge in [0.2, 0.25) is 13.1 Å². The molecule has 8 nitrogen and oxygen atoms in total. The Hall–Kier alpha value is -1.28. The van der Waals surface area contributed by atoms with Crippen molar-refractivity contribution in [1.29, 1.82) is 0 Å². The van der Waals surface area contributed by atoms with Crippen LogP contribution in [0.1, 0.15) is 39.5 Å². The van der Waals surface area contributed by atoms with Crippen molar-refractivity contribution in [2.75, 3.05) is 39.3 Å². The van der Waals surface area contributed by atoms with Crippen molar-refractivity contribution in [3.8, 4) is 0 Å². The lowest BCUT2D eigenvalue weighted by Crippen LogP contribution is -2.27. The molecule has 0 aromatic carbocycles. The summed E-state index contributed by atoms with van der Waals surface area (Å²) in [5.41, 5.74) is 0. The third-order valence-corrected chi connectivity index (χ3v) is 3.36. The minimum absolute atomic E-state index is 0.0214. The average molecular weight is 318 g/mol. The van der Waals surface area contributed by atoms with Gasteiger partial charge in [-0.05, 0) is 25.9 Å². The van der Waals surface area contributed by atoms with Crippen molar-refractivity contribution < 1.29 is 9.85 Å². The molecule has 0 aliphatic heterocycles. The maximum atomic E-state index is 10.3. The van der Waals surface area contributed by atoms with Gasteiger partial charge in [-0.15, -0.1) is 0 Å². The van der Waals surface area contributed by atoms with E-state index in [1.807, 2.05) is 13.8 Å². The summed E-state index contributed by atoms with van der Waals surface area (Å²) in [4.78, 5) is 20.1. The second kappa shape index (κ2) is 13.4. The van der Waals surface area contributed by atoms with Crippen LogP contribution in [0, 0.1) is 32.1 Å². The van der Waals surface area contributed by atoms with Crippen molar-refractivity contribution >= 4 is 0 Å². The molecular weight excluding hydrogens is 288 g/mol. The maximum absolute atomic E-state index is 10.3. The molecule has 130 valence electrons. The van der Waals surface area contributed by atoms with Gasteiger partial charge < -0.3 is 10.6 Å². The third-order valence-electron chi connectivity index (χ3n) is 3.36. The van der Waals surface area contributed by atoms with Gasteiger partial charge in [0.1, 0.15) is 0 Å². The molecule has 8 heteroatoms. The number of nitro groups is 2. The summed E-state index contributed by atoms with van der Waals surface area (Å²) < 4.78 is 0. The first kappa shape index (κ1) is 20.7. The Labute approximate surface area is 132 Å². The Morgan fingerprint density at radius 2 is 1.14 bits per heavy atom. The Morgan fingerprint density at radius 1 is 0.773 bits per heavy atom. The molecule has 0 spiro atoms. The van der Waals surface area contributed by atoms with Gasteiger partial charge in [0.25, 0.3) is 0 Å². The van der Waals surface area contributed by atoms with Crippen LogP contribution >= 0.6 is 0 Å². The number of nitrogens with one attached hydrogen (secondary N) is 2. The molecule has 0 bridgehead atoms. The molecule has 0 aliphatic rings. The largest absolute Gasteiger partial charge is 0.316 e. The van der Waals surface area contributed by atoms with Crippen LogP contribution in [0.5, 0.6) is 0 Å². The van der Waals surface area contributed by atoms with Crippen LogP contribution in [0.15, 0.2) is 0 Å². The topological polar surface area (TPSA) is 110 Å². The first-order valence-corrected chi connectivity index (χ1v) is 8.06. The number of nitrogens with zero attached hydrogens (tertiary/aromatic N) is 2. The molecule has 2 atom stereocenters. The third kappa shape index (κ3) is 15.1. The maximum Gasteiger partial charge on any atom is 0.207 e. The highest BCUT2D eigenvalue weighted by Gasteiger charge is 2.08. The fourth-order valence-electron chi connectivity index (χ4n) is 2.19. The van der Waals surface area contributed by atoms with Crippen molar-refractivity contribution in [2.45, 2.75) is 39.5 Å². The number of hydrogen-bond acceptors (Lipinski definition) is 6. The van der Waals surface area contributed by atoms with Crippen LogP contribution < -0.4 is 10.6 Å². The minimum atomic E-state index is -0.272. The van der Waals surface area contributed by atoms with E-state index in [2.05, 4.69) is 10.6 Å². The summed E-state index contributed by atoms with van der Waals surface area (Å²) in [7, 11) is 0. The first-order valence-electron chi connectivity index (χ1n) is 8.06. The van der Waals surface area contributed by atoms with E-state index in [0.717, 1.165) is 38.8 Å². The lowest BCUT2D eigenvalue weighted by Gasteiger charge is -2.09. The van der Waals surface area contributed by atoms with E-state index >= 15 is 0 Å². The van der Waals surface area contributed by atoms with Crippen LogP contribution in [0.4, 0.5) is 0 Å². The van der Waals surface area contributed by atoms with Crippen molar-refractivity contribution in [2.24, 2.45) is 11.8 Å². The predicted octanol–water partition coefficient (Wildman–Crippen LogP) is 1.55. The molecule has 0 amide bonds. The highest BCUT2D eigenvalue weighted by atomic mass is 16.6. The van der Waals surface area contributed by atoms with Crippen LogP contribution in [-0.4, -0.2) is 49.1 Å². The number of unbranched alkanes of at least 4 members (excludes halogenated alkanes) is 3. The van der Waals surface area contributed by atoms with Crippen LogP contribution in [0.25, 0.3) is 0 Å². The van der Waals surface area contributed by atoms with Gasteiger partial charge in [0, 0.05) is 34.8 Å². The molecule has 2 N–H and O–H groups in total. The van der Waals surface area contributed by atoms with Crippen molar-refractivity contribution in [3.05, 3.63) is 20.2 Å². The summed E-state index contributed by atoms with van der Waals surface area (Å²) >= 11 is 0. The van der Waals surface area contributed by atoms with Crippen molar-refractivity contribution in [3.63, 3.8) is 0 Å². The molecule has 0 saturated heterocycles. The smallest absolute Gasteiger partial charge is 0.207 e. The van der Waals surface area contributed by atoms with Crippen LogP contribution in [0.3, 0.4) is 0 Å². The molecular formula is C14H30N4O4. The summed E-state index contributed by atoms with van der Waals surface area (Å²) in [6, 6.07) is 0. The van der Waals surface area contributed by atoms with Gasteiger partial charge in [-0.2, -0.15) is 0 Å². The summed E-state index contributed by atoms with van der Waals surface area (Å²) in [6.45, 7) is 6.97. The quantitative estimate of drug-likeness (QED) is 0.269. The molecule has 0 heterocycles. The first-order chi connectivity index (χ1) is 10.4. The van der Waals surface area contributed by atoms with Gasteiger partial charge in [-0.25, -0.2) is 0 Å². The molecule has 0 fully saturated rings. The molecule has 0 aliphatic carbocycles. The van der Waals surface area contributed by atoms with Crippen LogP contribution in [0.2, 0.25) is 0 Å². The van der Waals surface area contributed by atoms with E-state index in [1.165, 1.54) is 0 Å².